The van der Waals surface area contributed by atoms with Gasteiger partial charge in [-0.2, -0.15) is 0 Å². The molecule has 0 unspecified atom stereocenters. The number of rotatable bonds is 4. The van der Waals surface area contributed by atoms with E-state index in [4.69, 9.17) is 18.7 Å². The van der Waals surface area contributed by atoms with Crippen molar-refractivity contribution in [3.63, 3.8) is 0 Å². The molecule has 27 heavy (non-hydrogen) atoms. The average molecular weight is 369 g/mol. The molecule has 1 aliphatic rings. The molecule has 138 valence electrons. The molecule has 0 saturated carbocycles. The third-order valence-corrected chi connectivity index (χ3v) is 4.08. The van der Waals surface area contributed by atoms with Gasteiger partial charge < -0.3 is 18.7 Å². The van der Waals surface area contributed by atoms with Crippen molar-refractivity contribution in [2.75, 3.05) is 0 Å². The number of aromatic nitrogens is 1. The maximum Gasteiger partial charge on any atom is 0.377 e. The Labute approximate surface area is 154 Å². The van der Waals surface area contributed by atoms with Gasteiger partial charge in [-0.15, -0.1) is 0 Å². The van der Waals surface area contributed by atoms with Crippen molar-refractivity contribution >= 4 is 5.97 Å². The molecule has 2 heterocycles. The maximum atomic E-state index is 13.9. The van der Waals surface area contributed by atoms with E-state index in [1.807, 2.05) is 30.3 Å². The van der Waals surface area contributed by atoms with Crippen LogP contribution in [0.1, 0.15) is 39.2 Å². The highest BCUT2D eigenvalue weighted by Crippen LogP contribution is 2.36. The Bertz CT molecular complexity index is 970. The van der Waals surface area contributed by atoms with E-state index in [-0.39, 0.29) is 19.0 Å². The Morgan fingerprint density at radius 3 is 2.81 bits per heavy atom. The van der Waals surface area contributed by atoms with E-state index in [9.17, 15) is 9.18 Å². The SMILES string of the molecule is Cc1cc(C(=O)OCc2cc(F)cc3c2O[C@H](c2ccccc2)OC3)on1. The molecular formula is C20H16FNO5. The summed E-state index contributed by atoms with van der Waals surface area (Å²) in [5.41, 5.74) is 2.38. The Balaban J connectivity index is 1.55. The number of carbonyl (C=O) groups excluding carboxylic acids is 1. The number of halogens is 1. The Morgan fingerprint density at radius 1 is 1.26 bits per heavy atom. The van der Waals surface area contributed by atoms with E-state index in [0.29, 0.717) is 22.6 Å². The van der Waals surface area contributed by atoms with Crippen LogP contribution in [-0.2, 0) is 22.7 Å². The van der Waals surface area contributed by atoms with Crippen LogP contribution in [0.3, 0.4) is 0 Å². The number of aryl methyl sites for hydroxylation is 1. The summed E-state index contributed by atoms with van der Waals surface area (Å²) >= 11 is 0. The first kappa shape index (κ1) is 17.2. The van der Waals surface area contributed by atoms with Gasteiger partial charge in [0, 0.05) is 22.8 Å². The monoisotopic (exact) mass is 369 g/mol. The second-order valence-corrected chi connectivity index (χ2v) is 6.13. The van der Waals surface area contributed by atoms with Gasteiger partial charge in [0.05, 0.1) is 12.3 Å². The van der Waals surface area contributed by atoms with Crippen molar-refractivity contribution in [2.24, 2.45) is 0 Å². The summed E-state index contributed by atoms with van der Waals surface area (Å²) in [5.74, 6) is -0.691. The summed E-state index contributed by atoms with van der Waals surface area (Å²) < 4.78 is 35.7. The predicted octanol–water partition coefficient (Wildman–Crippen LogP) is 4.09. The topological polar surface area (TPSA) is 70.8 Å². The van der Waals surface area contributed by atoms with E-state index in [0.717, 1.165) is 5.56 Å². The number of carbonyl (C=O) groups is 1. The second-order valence-electron chi connectivity index (χ2n) is 6.13. The van der Waals surface area contributed by atoms with Crippen LogP contribution in [0.5, 0.6) is 5.75 Å². The largest absolute Gasteiger partial charge is 0.460 e. The van der Waals surface area contributed by atoms with Crippen LogP contribution in [0.25, 0.3) is 0 Å². The minimum Gasteiger partial charge on any atom is -0.460 e. The van der Waals surface area contributed by atoms with Crippen LogP contribution in [-0.4, -0.2) is 11.1 Å². The highest BCUT2D eigenvalue weighted by molar-refractivity contribution is 5.86. The van der Waals surface area contributed by atoms with Crippen LogP contribution < -0.4 is 4.74 Å². The minimum atomic E-state index is -0.680. The molecule has 2 aromatic carbocycles. The van der Waals surface area contributed by atoms with Gasteiger partial charge in [0.15, 0.2) is 0 Å². The molecule has 0 spiro atoms. The number of ether oxygens (including phenoxy) is 3. The summed E-state index contributed by atoms with van der Waals surface area (Å²) in [6.07, 6.45) is -0.615. The summed E-state index contributed by atoms with van der Waals surface area (Å²) in [7, 11) is 0. The number of hydrogen-bond donors (Lipinski definition) is 0. The molecule has 0 radical (unpaired) electrons. The normalized spacial score (nSPS) is 15.7. The van der Waals surface area contributed by atoms with Crippen LogP contribution in [0.4, 0.5) is 4.39 Å². The molecule has 0 N–H and O–H groups in total. The Hall–Kier alpha value is -3.19. The lowest BCUT2D eigenvalue weighted by Crippen LogP contribution is -2.20. The number of fused-ring (bicyclic) bond motifs is 1. The minimum absolute atomic E-state index is 0.0100. The lowest BCUT2D eigenvalue weighted by atomic mass is 10.1. The van der Waals surface area contributed by atoms with Crippen LogP contribution in [0.2, 0.25) is 0 Å². The van der Waals surface area contributed by atoms with Gasteiger partial charge in [-0.1, -0.05) is 35.5 Å². The fourth-order valence-electron chi connectivity index (χ4n) is 2.83. The maximum absolute atomic E-state index is 13.9. The fourth-order valence-corrected chi connectivity index (χ4v) is 2.83. The zero-order valence-electron chi connectivity index (χ0n) is 14.5. The first-order valence-electron chi connectivity index (χ1n) is 8.35. The third kappa shape index (κ3) is 3.68. The van der Waals surface area contributed by atoms with Crippen molar-refractivity contribution < 1.29 is 27.9 Å². The highest BCUT2D eigenvalue weighted by Gasteiger charge is 2.26. The predicted molar refractivity (Wildman–Crippen MR) is 91.4 cm³/mol. The molecule has 6 nitrogen and oxygen atoms in total. The highest BCUT2D eigenvalue weighted by atomic mass is 19.1. The lowest BCUT2D eigenvalue weighted by Gasteiger charge is -2.28. The van der Waals surface area contributed by atoms with Crippen molar-refractivity contribution in [3.8, 4) is 5.75 Å². The number of esters is 1. The summed E-state index contributed by atoms with van der Waals surface area (Å²) in [6, 6.07) is 13.5. The molecule has 0 fully saturated rings. The first-order chi connectivity index (χ1) is 13.1. The van der Waals surface area contributed by atoms with Crippen LogP contribution in [0.15, 0.2) is 53.1 Å². The van der Waals surface area contributed by atoms with Gasteiger partial charge in [-0.25, -0.2) is 9.18 Å². The van der Waals surface area contributed by atoms with E-state index in [2.05, 4.69) is 5.16 Å². The van der Waals surface area contributed by atoms with Gasteiger partial charge in [-0.3, -0.25) is 0 Å². The standard InChI is InChI=1S/C20H16FNO5/c1-12-7-17(27-22-12)19(23)24-10-14-8-16(21)9-15-11-25-20(26-18(14)15)13-5-3-2-4-6-13/h2-9,20H,10-11H2,1H3/t20-/m1/s1. The Kier molecular flexibility index (Phi) is 4.60. The number of hydrogen-bond acceptors (Lipinski definition) is 6. The number of nitrogens with zero attached hydrogens (tertiary/aromatic N) is 1. The average Bonchev–Trinajstić information content (AvgIpc) is 3.12. The van der Waals surface area contributed by atoms with Gasteiger partial charge in [-0.05, 0) is 19.1 Å². The Morgan fingerprint density at radius 2 is 2.07 bits per heavy atom. The van der Waals surface area contributed by atoms with Gasteiger partial charge in [0.25, 0.3) is 0 Å². The number of benzene rings is 2. The summed E-state index contributed by atoms with van der Waals surface area (Å²) in [6.45, 7) is 1.72. The first-order valence-corrected chi connectivity index (χ1v) is 8.35. The van der Waals surface area contributed by atoms with Crippen LogP contribution in [0, 0.1) is 12.7 Å². The molecule has 0 saturated heterocycles. The summed E-state index contributed by atoms with van der Waals surface area (Å²) in [5, 5.41) is 3.64. The molecule has 4 rings (SSSR count). The molecule has 0 amide bonds. The van der Waals surface area contributed by atoms with E-state index >= 15 is 0 Å². The second kappa shape index (κ2) is 7.20. The molecule has 0 bridgehead atoms. The van der Waals surface area contributed by atoms with Crippen molar-refractivity contribution in [2.45, 2.75) is 26.4 Å². The van der Waals surface area contributed by atoms with Crippen molar-refractivity contribution in [1.29, 1.82) is 0 Å². The summed E-state index contributed by atoms with van der Waals surface area (Å²) in [4.78, 5) is 12.1. The quantitative estimate of drug-likeness (QED) is 0.645. The molecular weight excluding hydrogens is 353 g/mol. The van der Waals surface area contributed by atoms with Gasteiger partial charge >= 0.3 is 5.97 Å². The van der Waals surface area contributed by atoms with E-state index in [1.165, 1.54) is 18.2 Å². The van der Waals surface area contributed by atoms with E-state index < -0.39 is 18.1 Å². The van der Waals surface area contributed by atoms with Crippen molar-refractivity contribution in [3.05, 3.63) is 82.5 Å². The third-order valence-electron chi connectivity index (χ3n) is 4.08. The molecule has 1 aliphatic heterocycles. The van der Waals surface area contributed by atoms with Gasteiger partial charge in [0.2, 0.25) is 12.1 Å². The van der Waals surface area contributed by atoms with E-state index in [1.54, 1.807) is 6.92 Å². The molecule has 1 aromatic heterocycles. The molecule has 1 atom stereocenters. The smallest absolute Gasteiger partial charge is 0.377 e. The lowest BCUT2D eigenvalue weighted by molar-refractivity contribution is -0.112. The zero-order chi connectivity index (χ0) is 18.8. The van der Waals surface area contributed by atoms with Crippen molar-refractivity contribution in [1.82, 2.24) is 5.16 Å². The zero-order valence-corrected chi connectivity index (χ0v) is 14.5. The van der Waals surface area contributed by atoms with Gasteiger partial charge in [0.1, 0.15) is 18.2 Å². The van der Waals surface area contributed by atoms with Crippen LogP contribution >= 0.6 is 0 Å². The molecule has 3 aromatic rings. The molecule has 0 aliphatic carbocycles. The molecule has 7 heteroatoms. The fraction of sp³-hybridized carbons (Fsp3) is 0.200.